The number of amidine groups is 1. The molecule has 0 aliphatic carbocycles. The number of hydrogen-bond acceptors (Lipinski definition) is 3. The Morgan fingerprint density at radius 1 is 1.73 bits per heavy atom. The van der Waals surface area contributed by atoms with E-state index in [1.807, 2.05) is 11.8 Å². The molecule has 1 rings (SSSR count). The predicted molar refractivity (Wildman–Crippen MR) is 52.3 cm³/mol. The molecular weight excluding hydrogens is 156 g/mol. The van der Waals surface area contributed by atoms with Gasteiger partial charge in [-0.2, -0.15) is 0 Å². The van der Waals surface area contributed by atoms with Crippen LogP contribution in [0.5, 0.6) is 0 Å². The van der Waals surface area contributed by atoms with E-state index in [2.05, 4.69) is 24.2 Å². The first kappa shape index (κ1) is 8.91. The second-order valence-electron chi connectivity index (χ2n) is 2.87. The summed E-state index contributed by atoms with van der Waals surface area (Å²) in [5, 5.41) is 4.54. The molecule has 1 atom stereocenters. The van der Waals surface area contributed by atoms with Crippen molar-refractivity contribution in [3.63, 3.8) is 0 Å². The van der Waals surface area contributed by atoms with E-state index in [0.717, 1.165) is 17.5 Å². The summed E-state index contributed by atoms with van der Waals surface area (Å²) in [6.07, 6.45) is 2.48. The Morgan fingerprint density at radius 3 is 3.09 bits per heavy atom. The van der Waals surface area contributed by atoms with Crippen molar-refractivity contribution in [2.24, 2.45) is 4.99 Å². The van der Waals surface area contributed by atoms with Crippen LogP contribution >= 0.6 is 11.8 Å². The minimum Gasteiger partial charge on any atom is -0.362 e. The van der Waals surface area contributed by atoms with E-state index >= 15 is 0 Å². The second-order valence-corrected chi connectivity index (χ2v) is 3.95. The maximum Gasteiger partial charge on any atom is 0.156 e. The van der Waals surface area contributed by atoms with Gasteiger partial charge in [0.1, 0.15) is 0 Å². The van der Waals surface area contributed by atoms with Crippen LogP contribution in [0.2, 0.25) is 0 Å². The van der Waals surface area contributed by atoms with Gasteiger partial charge in [-0.15, -0.1) is 0 Å². The lowest BCUT2D eigenvalue weighted by Crippen LogP contribution is -2.29. The van der Waals surface area contributed by atoms with E-state index in [-0.39, 0.29) is 0 Å². The molecule has 0 spiro atoms. The van der Waals surface area contributed by atoms with Crippen molar-refractivity contribution >= 4 is 16.9 Å². The summed E-state index contributed by atoms with van der Waals surface area (Å²) in [6, 6.07) is 0.587. The van der Waals surface area contributed by atoms with Gasteiger partial charge in [-0.3, -0.25) is 4.99 Å². The number of rotatable bonds is 3. The Bertz CT molecular complexity index is 145. The lowest BCUT2D eigenvalue weighted by atomic mass is 10.2. The second kappa shape index (κ2) is 4.65. The van der Waals surface area contributed by atoms with Crippen molar-refractivity contribution in [2.45, 2.75) is 32.7 Å². The molecule has 0 saturated carbocycles. The highest BCUT2D eigenvalue weighted by atomic mass is 32.2. The number of hydrogen-bond donors (Lipinski definition) is 1. The fourth-order valence-electron chi connectivity index (χ4n) is 1.14. The fourth-order valence-corrected chi connectivity index (χ4v) is 1.98. The monoisotopic (exact) mass is 172 g/mol. The van der Waals surface area contributed by atoms with Gasteiger partial charge in [-0.25, -0.2) is 0 Å². The number of thioether (sulfide) groups is 1. The van der Waals surface area contributed by atoms with Crippen LogP contribution in [0.4, 0.5) is 0 Å². The van der Waals surface area contributed by atoms with E-state index in [0.29, 0.717) is 6.04 Å². The molecule has 3 heteroatoms. The first-order chi connectivity index (χ1) is 5.33. The maximum atomic E-state index is 4.33. The van der Waals surface area contributed by atoms with Crippen molar-refractivity contribution in [3.8, 4) is 0 Å². The lowest BCUT2D eigenvalue weighted by Gasteiger charge is -2.12. The van der Waals surface area contributed by atoms with Gasteiger partial charge in [0.05, 0.1) is 6.54 Å². The van der Waals surface area contributed by atoms with E-state index in [1.165, 1.54) is 12.8 Å². The van der Waals surface area contributed by atoms with Gasteiger partial charge < -0.3 is 5.32 Å². The topological polar surface area (TPSA) is 24.4 Å². The zero-order valence-corrected chi connectivity index (χ0v) is 8.08. The van der Waals surface area contributed by atoms with Crippen molar-refractivity contribution in [1.29, 1.82) is 0 Å². The van der Waals surface area contributed by atoms with Gasteiger partial charge in [0, 0.05) is 11.8 Å². The summed E-state index contributed by atoms with van der Waals surface area (Å²) >= 11 is 1.84. The average molecular weight is 172 g/mol. The largest absolute Gasteiger partial charge is 0.362 e. The molecule has 1 aliphatic rings. The van der Waals surface area contributed by atoms with Gasteiger partial charge in [0.15, 0.2) is 5.17 Å². The molecule has 0 saturated heterocycles. The molecule has 0 bridgehead atoms. The summed E-state index contributed by atoms with van der Waals surface area (Å²) in [5.74, 6) is 1.15. The van der Waals surface area contributed by atoms with E-state index in [4.69, 9.17) is 0 Å². The summed E-state index contributed by atoms with van der Waals surface area (Å²) < 4.78 is 0. The van der Waals surface area contributed by atoms with Crippen LogP contribution in [0, 0.1) is 0 Å². The Kier molecular flexibility index (Phi) is 3.77. The summed E-state index contributed by atoms with van der Waals surface area (Å²) in [7, 11) is 0. The fraction of sp³-hybridized carbons (Fsp3) is 0.875. The molecule has 1 aliphatic heterocycles. The highest BCUT2D eigenvalue weighted by molar-refractivity contribution is 8.14. The van der Waals surface area contributed by atoms with Crippen molar-refractivity contribution in [3.05, 3.63) is 0 Å². The number of nitrogens with zero attached hydrogens (tertiary/aromatic N) is 1. The molecule has 0 aromatic heterocycles. The van der Waals surface area contributed by atoms with Gasteiger partial charge in [-0.1, -0.05) is 25.1 Å². The van der Waals surface area contributed by atoms with Gasteiger partial charge in [-0.05, 0) is 13.3 Å². The third-order valence-corrected chi connectivity index (χ3v) is 2.58. The molecule has 11 heavy (non-hydrogen) atoms. The van der Waals surface area contributed by atoms with Gasteiger partial charge >= 0.3 is 0 Å². The van der Waals surface area contributed by atoms with Gasteiger partial charge in [0.2, 0.25) is 0 Å². The summed E-state index contributed by atoms with van der Waals surface area (Å²) in [6.45, 7) is 5.42. The van der Waals surface area contributed by atoms with Crippen LogP contribution in [0.25, 0.3) is 0 Å². The number of aliphatic imine (C=N–C) groups is 1. The molecule has 0 aromatic carbocycles. The van der Waals surface area contributed by atoms with Crippen LogP contribution in [0.15, 0.2) is 4.99 Å². The third kappa shape index (κ3) is 3.14. The molecule has 1 unspecified atom stereocenters. The Balaban J connectivity index is 2.18. The van der Waals surface area contributed by atoms with Crippen molar-refractivity contribution < 1.29 is 0 Å². The lowest BCUT2D eigenvalue weighted by molar-refractivity contribution is 0.600. The Labute approximate surface area is 72.9 Å². The Morgan fingerprint density at radius 2 is 2.55 bits per heavy atom. The first-order valence-corrected chi connectivity index (χ1v) is 5.25. The van der Waals surface area contributed by atoms with Crippen molar-refractivity contribution in [2.75, 3.05) is 12.3 Å². The number of nitrogens with one attached hydrogen (secondary N) is 1. The molecule has 1 heterocycles. The highest BCUT2D eigenvalue weighted by Gasteiger charge is 2.08. The van der Waals surface area contributed by atoms with E-state index < -0.39 is 0 Å². The van der Waals surface area contributed by atoms with Gasteiger partial charge in [0.25, 0.3) is 0 Å². The van der Waals surface area contributed by atoms with Crippen LogP contribution in [-0.4, -0.2) is 23.5 Å². The van der Waals surface area contributed by atoms with Crippen molar-refractivity contribution in [1.82, 2.24) is 5.32 Å². The maximum absolute atomic E-state index is 4.33. The third-order valence-electron chi connectivity index (χ3n) is 1.68. The zero-order chi connectivity index (χ0) is 8.10. The molecule has 0 fully saturated rings. The summed E-state index contributed by atoms with van der Waals surface area (Å²) in [5.41, 5.74) is 0. The standard InChI is InChI=1S/C8H16N2S/c1-3-4-7(2)10-8-9-5-6-11-8/h7H,3-6H2,1-2H3,(H,9,10). The van der Waals surface area contributed by atoms with Crippen LogP contribution in [-0.2, 0) is 0 Å². The smallest absolute Gasteiger partial charge is 0.156 e. The zero-order valence-electron chi connectivity index (χ0n) is 7.26. The van der Waals surface area contributed by atoms with Crippen LogP contribution in [0.1, 0.15) is 26.7 Å². The van der Waals surface area contributed by atoms with Crippen LogP contribution in [0.3, 0.4) is 0 Å². The predicted octanol–water partition coefficient (Wildman–Crippen LogP) is 1.87. The molecule has 2 nitrogen and oxygen atoms in total. The normalized spacial score (nSPS) is 19.6. The van der Waals surface area contributed by atoms with Crippen LogP contribution < -0.4 is 5.32 Å². The molecule has 0 aromatic rings. The van der Waals surface area contributed by atoms with E-state index in [1.54, 1.807) is 0 Å². The molecule has 0 radical (unpaired) electrons. The minimum atomic E-state index is 0.587. The quantitative estimate of drug-likeness (QED) is 0.703. The summed E-state index contributed by atoms with van der Waals surface area (Å²) in [4.78, 5) is 4.33. The average Bonchev–Trinajstić information content (AvgIpc) is 2.40. The molecule has 1 N–H and O–H groups in total. The molecular formula is C8H16N2S. The minimum absolute atomic E-state index is 0.587. The SMILES string of the molecule is CCCC(C)NC1=NCCS1. The molecule has 64 valence electrons. The Hall–Kier alpha value is -0.180. The first-order valence-electron chi connectivity index (χ1n) is 4.26. The van der Waals surface area contributed by atoms with E-state index in [9.17, 15) is 0 Å². The molecule has 0 amide bonds. The highest BCUT2D eigenvalue weighted by Crippen LogP contribution is 2.10.